The highest BCUT2D eigenvalue weighted by Crippen LogP contribution is 2.13. The molecule has 0 bridgehead atoms. The van der Waals surface area contributed by atoms with Gasteiger partial charge in [-0.2, -0.15) is 0 Å². The van der Waals surface area contributed by atoms with Gasteiger partial charge in [0.05, 0.1) is 13.6 Å². The highest BCUT2D eigenvalue weighted by molar-refractivity contribution is 7.80. The van der Waals surface area contributed by atoms with Gasteiger partial charge in [-0.05, 0) is 49.3 Å². The number of thiocarbonyl (C=S) groups is 1. The van der Waals surface area contributed by atoms with Gasteiger partial charge in [-0.3, -0.25) is 0 Å². The second kappa shape index (κ2) is 9.40. The fourth-order valence-electron chi connectivity index (χ4n) is 2.85. The summed E-state index contributed by atoms with van der Waals surface area (Å²) in [6, 6.07) is 17.0. The Balaban J connectivity index is 1.65. The summed E-state index contributed by atoms with van der Waals surface area (Å²) in [6.45, 7) is 7.27. The topological polar surface area (TPSA) is 28.5 Å². The van der Waals surface area contributed by atoms with Gasteiger partial charge in [0.1, 0.15) is 6.54 Å². The van der Waals surface area contributed by atoms with E-state index in [-0.39, 0.29) is 0 Å². The largest absolute Gasteiger partial charge is 0.362 e. The fourth-order valence-corrected chi connectivity index (χ4v) is 3.07. The number of aryl methyl sites for hydroxylation is 2. The zero-order valence-electron chi connectivity index (χ0n) is 14.9. The molecule has 2 aromatic rings. The highest BCUT2D eigenvalue weighted by atomic mass is 32.1. The van der Waals surface area contributed by atoms with Gasteiger partial charge in [0.2, 0.25) is 0 Å². The van der Waals surface area contributed by atoms with E-state index in [9.17, 15) is 0 Å². The van der Waals surface area contributed by atoms with E-state index in [4.69, 9.17) is 12.2 Å². The number of quaternary nitrogens is 1. The van der Waals surface area contributed by atoms with Crippen molar-refractivity contribution in [1.82, 2.24) is 5.32 Å². The van der Waals surface area contributed by atoms with Gasteiger partial charge in [-0.1, -0.05) is 36.4 Å². The molecule has 4 heteroatoms. The molecule has 2 rings (SSSR count). The quantitative estimate of drug-likeness (QED) is 0.534. The van der Waals surface area contributed by atoms with Crippen LogP contribution in [0.15, 0.2) is 48.5 Å². The van der Waals surface area contributed by atoms with Crippen LogP contribution in [0.5, 0.6) is 0 Å². The third-order valence-corrected chi connectivity index (χ3v) is 4.14. The zero-order chi connectivity index (χ0) is 17.4. The second-order valence-corrected chi connectivity index (χ2v) is 6.89. The summed E-state index contributed by atoms with van der Waals surface area (Å²) in [7, 11) is 2.24. The molecule has 0 fully saturated rings. The molecule has 1 atom stereocenters. The predicted molar refractivity (Wildman–Crippen MR) is 107 cm³/mol. The number of hydrogen-bond donors (Lipinski definition) is 3. The van der Waals surface area contributed by atoms with Crippen LogP contribution in [0, 0.1) is 13.8 Å². The van der Waals surface area contributed by atoms with Crippen molar-refractivity contribution in [1.29, 1.82) is 0 Å². The van der Waals surface area contributed by atoms with Crippen LogP contribution in [0.25, 0.3) is 0 Å². The van der Waals surface area contributed by atoms with Crippen LogP contribution in [0.2, 0.25) is 0 Å². The van der Waals surface area contributed by atoms with Gasteiger partial charge < -0.3 is 15.5 Å². The van der Waals surface area contributed by atoms with Crippen LogP contribution in [-0.4, -0.2) is 25.2 Å². The third-order valence-electron chi connectivity index (χ3n) is 3.89. The van der Waals surface area contributed by atoms with Gasteiger partial charge in [0.25, 0.3) is 0 Å². The average Bonchev–Trinajstić information content (AvgIpc) is 2.51. The van der Waals surface area contributed by atoms with E-state index >= 15 is 0 Å². The molecule has 0 amide bonds. The van der Waals surface area contributed by atoms with E-state index in [0.717, 1.165) is 31.7 Å². The molecule has 1 unspecified atom stereocenters. The average molecular weight is 343 g/mol. The van der Waals surface area contributed by atoms with Crippen LogP contribution >= 0.6 is 12.2 Å². The third kappa shape index (κ3) is 6.69. The molecular weight excluding hydrogens is 314 g/mol. The van der Waals surface area contributed by atoms with Crippen molar-refractivity contribution in [3.05, 3.63) is 65.2 Å². The van der Waals surface area contributed by atoms with Crippen molar-refractivity contribution in [2.75, 3.05) is 25.5 Å². The van der Waals surface area contributed by atoms with Gasteiger partial charge in [-0.25, -0.2) is 0 Å². The van der Waals surface area contributed by atoms with Crippen molar-refractivity contribution >= 4 is 23.0 Å². The lowest BCUT2D eigenvalue weighted by molar-refractivity contribution is -0.893. The van der Waals surface area contributed by atoms with Gasteiger partial charge in [-0.15, -0.1) is 0 Å². The first-order valence-electron chi connectivity index (χ1n) is 8.51. The van der Waals surface area contributed by atoms with Crippen molar-refractivity contribution in [2.24, 2.45) is 0 Å². The van der Waals surface area contributed by atoms with Crippen LogP contribution < -0.4 is 15.5 Å². The molecule has 0 aliphatic heterocycles. The SMILES string of the molecule is Cc1cc(C)cc(NC(=S)NCCC[NH+](C)Cc2ccccc2)c1. The summed E-state index contributed by atoms with van der Waals surface area (Å²) >= 11 is 5.38. The maximum Gasteiger partial charge on any atom is 0.170 e. The molecular formula is C20H28N3S+. The molecule has 3 N–H and O–H groups in total. The number of benzene rings is 2. The van der Waals surface area contributed by atoms with Crippen molar-refractivity contribution in [2.45, 2.75) is 26.8 Å². The number of nitrogens with one attached hydrogen (secondary N) is 3. The Bertz CT molecular complexity index is 635. The van der Waals surface area contributed by atoms with Crippen LogP contribution in [0.3, 0.4) is 0 Å². The summed E-state index contributed by atoms with van der Waals surface area (Å²) in [6.07, 6.45) is 1.09. The Morgan fingerprint density at radius 3 is 2.38 bits per heavy atom. The minimum absolute atomic E-state index is 0.695. The Labute approximate surface area is 151 Å². The van der Waals surface area contributed by atoms with Crippen LogP contribution in [0.4, 0.5) is 5.69 Å². The molecule has 0 aliphatic rings. The first-order chi connectivity index (χ1) is 11.5. The van der Waals surface area contributed by atoms with E-state index < -0.39 is 0 Å². The van der Waals surface area contributed by atoms with Crippen LogP contribution in [-0.2, 0) is 6.54 Å². The summed E-state index contributed by atoms with van der Waals surface area (Å²) in [5, 5.41) is 7.26. The van der Waals surface area contributed by atoms with E-state index in [0.29, 0.717) is 5.11 Å². The second-order valence-electron chi connectivity index (χ2n) is 6.48. The molecule has 0 saturated carbocycles. The Morgan fingerprint density at radius 1 is 1.04 bits per heavy atom. The van der Waals surface area contributed by atoms with E-state index in [2.05, 4.69) is 80.1 Å². The molecule has 24 heavy (non-hydrogen) atoms. The molecule has 0 radical (unpaired) electrons. The van der Waals surface area contributed by atoms with Gasteiger partial charge >= 0.3 is 0 Å². The molecule has 2 aromatic carbocycles. The highest BCUT2D eigenvalue weighted by Gasteiger charge is 2.04. The fraction of sp³-hybridized carbons (Fsp3) is 0.350. The lowest BCUT2D eigenvalue weighted by atomic mass is 10.1. The molecule has 0 aliphatic carbocycles. The summed E-state index contributed by atoms with van der Waals surface area (Å²) < 4.78 is 0. The Hall–Kier alpha value is -1.91. The standard InChI is InChI=1S/C20H27N3S/c1-16-12-17(2)14-19(13-16)22-20(24)21-10-7-11-23(3)15-18-8-5-4-6-9-18/h4-6,8-9,12-14H,7,10-11,15H2,1-3H3,(H2,21,22,24)/p+1. The maximum atomic E-state index is 5.38. The number of hydrogen-bond acceptors (Lipinski definition) is 1. The maximum absolute atomic E-state index is 5.38. The Morgan fingerprint density at radius 2 is 1.71 bits per heavy atom. The first kappa shape index (κ1) is 18.4. The molecule has 3 nitrogen and oxygen atoms in total. The number of rotatable bonds is 7. The minimum atomic E-state index is 0.695. The van der Waals surface area contributed by atoms with Crippen molar-refractivity contribution in [3.8, 4) is 0 Å². The normalized spacial score (nSPS) is 11.8. The smallest absolute Gasteiger partial charge is 0.170 e. The zero-order valence-corrected chi connectivity index (χ0v) is 15.7. The van der Waals surface area contributed by atoms with Crippen molar-refractivity contribution in [3.63, 3.8) is 0 Å². The summed E-state index contributed by atoms with van der Waals surface area (Å²) in [4.78, 5) is 1.51. The lowest BCUT2D eigenvalue weighted by Crippen LogP contribution is -3.07. The van der Waals surface area contributed by atoms with Crippen molar-refractivity contribution < 1.29 is 4.90 Å². The number of anilines is 1. The summed E-state index contributed by atoms with van der Waals surface area (Å²) in [5.74, 6) is 0. The molecule has 0 saturated heterocycles. The molecule has 128 valence electrons. The minimum Gasteiger partial charge on any atom is -0.362 e. The van der Waals surface area contributed by atoms with Gasteiger partial charge in [0, 0.05) is 24.2 Å². The van der Waals surface area contributed by atoms with Crippen LogP contribution in [0.1, 0.15) is 23.1 Å². The lowest BCUT2D eigenvalue weighted by Gasteiger charge is -2.15. The van der Waals surface area contributed by atoms with E-state index in [1.54, 1.807) is 0 Å². The molecule has 0 aromatic heterocycles. The molecule has 0 spiro atoms. The first-order valence-corrected chi connectivity index (χ1v) is 8.92. The predicted octanol–water partition coefficient (Wildman–Crippen LogP) is 2.69. The monoisotopic (exact) mass is 342 g/mol. The van der Waals surface area contributed by atoms with E-state index in [1.165, 1.54) is 21.6 Å². The Kier molecular flexibility index (Phi) is 7.22. The van der Waals surface area contributed by atoms with Gasteiger partial charge in [0.15, 0.2) is 5.11 Å². The molecule has 0 heterocycles. The van der Waals surface area contributed by atoms with E-state index in [1.807, 2.05) is 0 Å². The summed E-state index contributed by atoms with van der Waals surface area (Å²) in [5.41, 5.74) is 4.92.